The van der Waals surface area contributed by atoms with E-state index in [4.69, 9.17) is 0 Å². The highest BCUT2D eigenvalue weighted by Gasteiger charge is 2.38. The number of aliphatic hydroxyl groups is 1. The van der Waals surface area contributed by atoms with Gasteiger partial charge in [-0.15, -0.1) is 0 Å². The lowest BCUT2D eigenvalue weighted by Crippen LogP contribution is -2.48. The second-order valence-electron chi connectivity index (χ2n) is 7.30. The predicted molar refractivity (Wildman–Crippen MR) is 97.1 cm³/mol. The van der Waals surface area contributed by atoms with E-state index in [1.165, 1.54) is 5.56 Å². The van der Waals surface area contributed by atoms with Crippen LogP contribution in [0.2, 0.25) is 0 Å². The average molecular weight is 325 g/mol. The van der Waals surface area contributed by atoms with Gasteiger partial charge in [0.1, 0.15) is 5.75 Å². The molecule has 2 N–H and O–H groups in total. The molecule has 3 rings (SSSR count). The number of piperidine rings is 1. The molecule has 24 heavy (non-hydrogen) atoms. The van der Waals surface area contributed by atoms with E-state index in [1.807, 2.05) is 42.5 Å². The van der Waals surface area contributed by atoms with Crippen molar-refractivity contribution in [1.82, 2.24) is 4.90 Å². The molecular formula is C21H27NO2. The molecule has 1 unspecified atom stereocenters. The number of hydrogen-bond donors (Lipinski definition) is 2. The molecular weight excluding hydrogens is 298 g/mol. The van der Waals surface area contributed by atoms with Crippen molar-refractivity contribution < 1.29 is 10.2 Å². The van der Waals surface area contributed by atoms with Crippen molar-refractivity contribution in [3.63, 3.8) is 0 Å². The molecule has 1 aliphatic heterocycles. The first kappa shape index (κ1) is 17.0. The monoisotopic (exact) mass is 325 g/mol. The Morgan fingerprint density at radius 2 is 1.92 bits per heavy atom. The SMILES string of the molecule is C[C@@H]1CN(CC(O)c2ccccc2)CC[C@]1(C)c1cccc(O)c1. The van der Waals surface area contributed by atoms with Gasteiger partial charge in [-0.2, -0.15) is 0 Å². The second-order valence-corrected chi connectivity index (χ2v) is 7.30. The Balaban J connectivity index is 1.67. The minimum atomic E-state index is -0.441. The molecule has 1 saturated heterocycles. The summed E-state index contributed by atoms with van der Waals surface area (Å²) >= 11 is 0. The number of β-amino-alcohol motifs (C(OH)–C–C–N with tert-alkyl or cyclic N) is 1. The molecule has 3 atom stereocenters. The molecule has 2 aromatic rings. The number of likely N-dealkylation sites (tertiary alicyclic amines) is 1. The largest absolute Gasteiger partial charge is 0.508 e. The highest BCUT2D eigenvalue weighted by molar-refractivity contribution is 5.33. The summed E-state index contributed by atoms with van der Waals surface area (Å²) in [5, 5.41) is 20.3. The molecule has 0 saturated carbocycles. The van der Waals surface area contributed by atoms with Crippen LogP contribution in [0.25, 0.3) is 0 Å². The lowest BCUT2D eigenvalue weighted by Gasteiger charge is -2.45. The molecule has 3 nitrogen and oxygen atoms in total. The van der Waals surface area contributed by atoms with Crippen LogP contribution in [0.15, 0.2) is 54.6 Å². The van der Waals surface area contributed by atoms with Crippen LogP contribution >= 0.6 is 0 Å². The molecule has 1 heterocycles. The van der Waals surface area contributed by atoms with E-state index in [-0.39, 0.29) is 5.41 Å². The predicted octanol–water partition coefficient (Wildman–Crippen LogP) is 3.73. The number of aromatic hydroxyl groups is 1. The Labute approximate surface area is 144 Å². The molecule has 0 bridgehead atoms. The maximum absolute atomic E-state index is 10.5. The quantitative estimate of drug-likeness (QED) is 0.900. The third kappa shape index (κ3) is 3.47. The molecule has 0 spiro atoms. The third-order valence-electron chi connectivity index (χ3n) is 5.69. The van der Waals surface area contributed by atoms with Crippen LogP contribution in [0.5, 0.6) is 5.75 Å². The minimum Gasteiger partial charge on any atom is -0.508 e. The van der Waals surface area contributed by atoms with Crippen LogP contribution in [0, 0.1) is 5.92 Å². The first-order chi connectivity index (χ1) is 11.5. The van der Waals surface area contributed by atoms with Crippen molar-refractivity contribution in [3.8, 4) is 5.75 Å². The van der Waals surface area contributed by atoms with E-state index >= 15 is 0 Å². The van der Waals surface area contributed by atoms with Gasteiger partial charge in [0, 0.05) is 13.1 Å². The molecule has 0 amide bonds. The van der Waals surface area contributed by atoms with Gasteiger partial charge in [-0.05, 0) is 47.6 Å². The lowest BCUT2D eigenvalue weighted by atomic mass is 9.68. The van der Waals surface area contributed by atoms with Crippen LogP contribution in [0.3, 0.4) is 0 Å². The van der Waals surface area contributed by atoms with Gasteiger partial charge in [0.05, 0.1) is 6.10 Å². The van der Waals surface area contributed by atoms with Gasteiger partial charge >= 0.3 is 0 Å². The summed E-state index contributed by atoms with van der Waals surface area (Å²) in [6.45, 7) is 7.14. The van der Waals surface area contributed by atoms with E-state index in [9.17, 15) is 10.2 Å². The Morgan fingerprint density at radius 3 is 2.58 bits per heavy atom. The van der Waals surface area contributed by atoms with Crippen molar-refractivity contribution in [2.45, 2.75) is 31.8 Å². The van der Waals surface area contributed by atoms with Crippen molar-refractivity contribution in [2.24, 2.45) is 5.92 Å². The van der Waals surface area contributed by atoms with Gasteiger partial charge in [-0.25, -0.2) is 0 Å². The first-order valence-corrected chi connectivity index (χ1v) is 8.74. The molecule has 0 aliphatic carbocycles. The van der Waals surface area contributed by atoms with Gasteiger partial charge in [0.15, 0.2) is 0 Å². The Kier molecular flexibility index (Phi) is 4.93. The number of rotatable bonds is 4. The van der Waals surface area contributed by atoms with E-state index in [0.29, 0.717) is 18.2 Å². The number of nitrogens with zero attached hydrogens (tertiary/aromatic N) is 1. The molecule has 1 fully saturated rings. The van der Waals surface area contributed by atoms with Crippen LogP contribution < -0.4 is 0 Å². The molecule has 0 aromatic heterocycles. The fraction of sp³-hybridized carbons (Fsp3) is 0.429. The maximum atomic E-state index is 10.5. The van der Waals surface area contributed by atoms with Gasteiger partial charge < -0.3 is 15.1 Å². The van der Waals surface area contributed by atoms with Crippen LogP contribution in [-0.2, 0) is 5.41 Å². The van der Waals surface area contributed by atoms with Crippen LogP contribution in [-0.4, -0.2) is 34.7 Å². The normalized spacial score (nSPS) is 26.2. The summed E-state index contributed by atoms with van der Waals surface area (Å²) in [6.07, 6.45) is 0.586. The topological polar surface area (TPSA) is 43.7 Å². The molecule has 1 aliphatic rings. The summed E-state index contributed by atoms with van der Waals surface area (Å²) < 4.78 is 0. The molecule has 3 heteroatoms. The minimum absolute atomic E-state index is 0.0624. The number of hydrogen-bond acceptors (Lipinski definition) is 3. The smallest absolute Gasteiger partial charge is 0.115 e. The summed E-state index contributed by atoms with van der Waals surface area (Å²) in [7, 11) is 0. The van der Waals surface area contributed by atoms with Crippen LogP contribution in [0.4, 0.5) is 0 Å². The summed E-state index contributed by atoms with van der Waals surface area (Å²) in [4.78, 5) is 2.35. The summed E-state index contributed by atoms with van der Waals surface area (Å²) in [5.74, 6) is 0.791. The average Bonchev–Trinajstić information content (AvgIpc) is 2.59. The third-order valence-corrected chi connectivity index (χ3v) is 5.69. The van der Waals surface area contributed by atoms with E-state index in [0.717, 1.165) is 25.1 Å². The van der Waals surface area contributed by atoms with Gasteiger partial charge in [0.25, 0.3) is 0 Å². The van der Waals surface area contributed by atoms with Crippen molar-refractivity contribution in [2.75, 3.05) is 19.6 Å². The second kappa shape index (κ2) is 6.96. The summed E-state index contributed by atoms with van der Waals surface area (Å²) in [6, 6.07) is 17.5. The highest BCUT2D eigenvalue weighted by Crippen LogP contribution is 2.40. The zero-order valence-corrected chi connectivity index (χ0v) is 14.5. The van der Waals surface area contributed by atoms with Crippen molar-refractivity contribution >= 4 is 0 Å². The first-order valence-electron chi connectivity index (χ1n) is 8.74. The number of benzene rings is 2. The van der Waals surface area contributed by atoms with Crippen LogP contribution in [0.1, 0.15) is 37.5 Å². The number of phenols is 1. The zero-order valence-electron chi connectivity index (χ0n) is 14.5. The van der Waals surface area contributed by atoms with Crippen molar-refractivity contribution in [1.29, 1.82) is 0 Å². The fourth-order valence-electron chi connectivity index (χ4n) is 3.80. The van der Waals surface area contributed by atoms with E-state index in [2.05, 4.69) is 24.8 Å². The molecule has 2 aromatic carbocycles. The highest BCUT2D eigenvalue weighted by atomic mass is 16.3. The van der Waals surface area contributed by atoms with E-state index in [1.54, 1.807) is 6.07 Å². The lowest BCUT2D eigenvalue weighted by molar-refractivity contribution is 0.0579. The molecule has 128 valence electrons. The zero-order chi connectivity index (χ0) is 17.2. The summed E-state index contributed by atoms with van der Waals surface area (Å²) in [5.41, 5.74) is 2.25. The number of phenolic OH excluding ortho intramolecular Hbond substituents is 1. The van der Waals surface area contributed by atoms with Gasteiger partial charge in [-0.1, -0.05) is 56.3 Å². The Hall–Kier alpha value is -1.84. The maximum Gasteiger partial charge on any atom is 0.115 e. The number of aliphatic hydroxyl groups excluding tert-OH is 1. The standard InChI is InChI=1S/C21H27NO2/c1-16-14-22(15-20(24)17-7-4-3-5-8-17)12-11-21(16,2)18-9-6-10-19(23)13-18/h3-10,13,16,20,23-24H,11-12,14-15H2,1-2H3/t16-,20?,21+/m1/s1. The fourth-order valence-corrected chi connectivity index (χ4v) is 3.80. The van der Waals surface area contributed by atoms with Gasteiger partial charge in [-0.3, -0.25) is 0 Å². The van der Waals surface area contributed by atoms with Gasteiger partial charge in [0.2, 0.25) is 0 Å². The van der Waals surface area contributed by atoms with E-state index < -0.39 is 6.10 Å². The van der Waals surface area contributed by atoms with Crippen molar-refractivity contribution in [3.05, 3.63) is 65.7 Å². The Morgan fingerprint density at radius 1 is 1.17 bits per heavy atom. The Bertz CT molecular complexity index is 673. The molecule has 0 radical (unpaired) electrons.